The van der Waals surface area contributed by atoms with Crippen LogP contribution in [-0.4, -0.2) is 62.8 Å². The monoisotopic (exact) mass is 464 g/mol. The van der Waals surface area contributed by atoms with Crippen LogP contribution in [0.25, 0.3) is 0 Å². The highest BCUT2D eigenvalue weighted by Gasteiger charge is 2.40. The number of piperidine rings is 1. The van der Waals surface area contributed by atoms with Crippen molar-refractivity contribution in [1.29, 1.82) is 0 Å². The van der Waals surface area contributed by atoms with Crippen LogP contribution < -0.4 is 0 Å². The van der Waals surface area contributed by atoms with Gasteiger partial charge in [0.1, 0.15) is 0 Å². The Bertz CT molecular complexity index is 896. The molecule has 0 N–H and O–H groups in total. The van der Waals surface area contributed by atoms with E-state index in [1.807, 2.05) is 0 Å². The number of rotatable bonds is 7. The minimum atomic E-state index is -4.80. The number of halogens is 3. The molecule has 11 heteroatoms. The minimum absolute atomic E-state index is 0.0605. The van der Waals surface area contributed by atoms with Crippen molar-refractivity contribution in [2.75, 3.05) is 33.3 Å². The Balaban J connectivity index is 2.10. The van der Waals surface area contributed by atoms with Crippen LogP contribution >= 0.6 is 0 Å². The molecule has 1 fully saturated rings. The molecule has 1 aliphatic heterocycles. The molecule has 1 amide bonds. The van der Waals surface area contributed by atoms with Gasteiger partial charge in [0.25, 0.3) is 0 Å². The van der Waals surface area contributed by atoms with Gasteiger partial charge in [0, 0.05) is 32.1 Å². The van der Waals surface area contributed by atoms with Crippen molar-refractivity contribution in [3.05, 3.63) is 29.8 Å². The lowest BCUT2D eigenvalue weighted by Gasteiger charge is -2.34. The minimum Gasteiger partial charge on any atom is -0.469 e. The molecule has 174 valence electrons. The molecule has 1 atom stereocenters. The molecule has 1 aromatic rings. The molecular weight excluding hydrogens is 437 g/mol. The first-order chi connectivity index (χ1) is 14.4. The van der Waals surface area contributed by atoms with Crippen LogP contribution in [0.3, 0.4) is 0 Å². The molecule has 1 aromatic carbocycles. The van der Waals surface area contributed by atoms with Gasteiger partial charge in [-0.3, -0.25) is 9.59 Å². The van der Waals surface area contributed by atoms with Crippen molar-refractivity contribution < 1.29 is 35.9 Å². The smallest absolute Gasteiger partial charge is 0.417 e. The Morgan fingerprint density at radius 1 is 1.23 bits per heavy atom. The van der Waals surface area contributed by atoms with Crippen molar-refractivity contribution in [3.63, 3.8) is 0 Å². The number of alkyl halides is 3. The zero-order valence-corrected chi connectivity index (χ0v) is 18.5. The molecule has 2 rings (SSSR count). The number of methoxy groups -OCH3 is 1. The Hall–Kier alpha value is -2.14. The summed E-state index contributed by atoms with van der Waals surface area (Å²) in [6.45, 7) is 3.85. The molecule has 0 radical (unpaired) electrons. The number of nitrogens with zero attached hydrogens (tertiary/aromatic N) is 2. The van der Waals surface area contributed by atoms with Crippen molar-refractivity contribution in [2.45, 2.75) is 37.8 Å². The SMILES string of the molecule is CCN(CC(C)C(=O)OC)C(=O)C1CCN(S(=O)(=O)c2ccccc2C(F)(F)F)CC1. The third-order valence-corrected chi connectivity index (χ3v) is 7.36. The summed E-state index contributed by atoms with van der Waals surface area (Å²) < 4.78 is 71.2. The van der Waals surface area contributed by atoms with E-state index in [1.165, 1.54) is 18.1 Å². The molecular formula is C20H27F3N2O5S. The number of esters is 1. The van der Waals surface area contributed by atoms with Gasteiger partial charge in [-0.25, -0.2) is 8.42 Å². The van der Waals surface area contributed by atoms with Gasteiger partial charge in [0.2, 0.25) is 15.9 Å². The first-order valence-corrected chi connectivity index (χ1v) is 11.4. The van der Waals surface area contributed by atoms with E-state index < -0.39 is 44.5 Å². The highest BCUT2D eigenvalue weighted by molar-refractivity contribution is 7.89. The van der Waals surface area contributed by atoms with Crippen molar-refractivity contribution in [3.8, 4) is 0 Å². The van der Waals surface area contributed by atoms with Gasteiger partial charge in [-0.05, 0) is 31.9 Å². The molecule has 31 heavy (non-hydrogen) atoms. The Morgan fingerprint density at radius 2 is 1.81 bits per heavy atom. The lowest BCUT2D eigenvalue weighted by atomic mass is 9.96. The first kappa shape index (κ1) is 25.1. The number of carbonyl (C=O) groups is 2. The number of amides is 1. The molecule has 1 heterocycles. The van der Waals surface area contributed by atoms with Crippen LogP contribution in [0, 0.1) is 11.8 Å². The summed E-state index contributed by atoms with van der Waals surface area (Å²) in [6, 6.07) is 4.08. The molecule has 0 bridgehead atoms. The van der Waals surface area contributed by atoms with E-state index in [0.29, 0.717) is 6.54 Å². The molecule has 0 spiro atoms. The maximum Gasteiger partial charge on any atom is 0.417 e. The van der Waals surface area contributed by atoms with E-state index in [4.69, 9.17) is 0 Å². The van der Waals surface area contributed by atoms with Crippen LogP contribution in [0.2, 0.25) is 0 Å². The summed E-state index contributed by atoms with van der Waals surface area (Å²) in [5, 5.41) is 0. The summed E-state index contributed by atoms with van der Waals surface area (Å²) in [4.78, 5) is 25.2. The second kappa shape index (κ2) is 9.99. The van der Waals surface area contributed by atoms with Gasteiger partial charge in [-0.1, -0.05) is 19.1 Å². The lowest BCUT2D eigenvalue weighted by Crippen LogP contribution is -2.46. The van der Waals surface area contributed by atoms with E-state index in [-0.39, 0.29) is 38.4 Å². The van der Waals surface area contributed by atoms with Crippen molar-refractivity contribution in [1.82, 2.24) is 9.21 Å². The van der Waals surface area contributed by atoms with Crippen molar-refractivity contribution in [2.24, 2.45) is 11.8 Å². The molecule has 0 aromatic heterocycles. The summed E-state index contributed by atoms with van der Waals surface area (Å²) in [5.74, 6) is -1.61. The molecule has 1 unspecified atom stereocenters. The van der Waals surface area contributed by atoms with Crippen LogP contribution in [0.15, 0.2) is 29.2 Å². The third-order valence-electron chi connectivity index (χ3n) is 5.40. The van der Waals surface area contributed by atoms with Crippen LogP contribution in [0.4, 0.5) is 13.2 Å². The molecule has 1 aliphatic rings. The van der Waals surface area contributed by atoms with E-state index in [2.05, 4.69) is 4.74 Å². The largest absolute Gasteiger partial charge is 0.469 e. The number of carbonyl (C=O) groups excluding carboxylic acids is 2. The van der Waals surface area contributed by atoms with Crippen molar-refractivity contribution >= 4 is 21.9 Å². The Morgan fingerprint density at radius 3 is 2.32 bits per heavy atom. The predicted molar refractivity (Wildman–Crippen MR) is 106 cm³/mol. The van der Waals surface area contributed by atoms with Crippen LogP contribution in [0.5, 0.6) is 0 Å². The van der Waals surface area contributed by atoms with Gasteiger partial charge in [0.05, 0.1) is 23.5 Å². The summed E-state index contributed by atoms with van der Waals surface area (Å²) in [6.07, 6.45) is -4.42. The third kappa shape index (κ3) is 5.76. The fourth-order valence-electron chi connectivity index (χ4n) is 3.65. The highest BCUT2D eigenvalue weighted by Crippen LogP contribution is 2.36. The quantitative estimate of drug-likeness (QED) is 0.580. The lowest BCUT2D eigenvalue weighted by molar-refractivity contribution is -0.147. The Kier molecular flexibility index (Phi) is 8.09. The summed E-state index contributed by atoms with van der Waals surface area (Å²) in [5.41, 5.74) is -1.21. The molecule has 1 saturated heterocycles. The Labute approximate surface area is 180 Å². The van der Waals surface area contributed by atoms with Gasteiger partial charge < -0.3 is 9.64 Å². The first-order valence-electron chi connectivity index (χ1n) is 9.96. The predicted octanol–water partition coefficient (Wildman–Crippen LogP) is 2.76. The summed E-state index contributed by atoms with van der Waals surface area (Å²) in [7, 11) is -3.09. The number of hydrogen-bond acceptors (Lipinski definition) is 5. The fraction of sp³-hybridized carbons (Fsp3) is 0.600. The maximum absolute atomic E-state index is 13.3. The van der Waals surface area contributed by atoms with Gasteiger partial charge in [0.15, 0.2) is 0 Å². The standard InChI is InChI=1S/C20H27F3N2O5S/c1-4-24(13-14(2)19(27)30-3)18(26)15-9-11-25(12-10-15)31(28,29)17-8-6-5-7-16(17)20(21,22)23/h5-8,14-15H,4,9-13H2,1-3H3. The van der Waals surface area contributed by atoms with E-state index >= 15 is 0 Å². The second-order valence-corrected chi connectivity index (χ2v) is 9.38. The van der Waals surface area contributed by atoms with Crippen LogP contribution in [0.1, 0.15) is 32.3 Å². The maximum atomic E-state index is 13.3. The average molecular weight is 465 g/mol. The van der Waals surface area contributed by atoms with E-state index in [1.54, 1.807) is 13.8 Å². The molecule has 7 nitrogen and oxygen atoms in total. The number of benzene rings is 1. The summed E-state index contributed by atoms with van der Waals surface area (Å²) >= 11 is 0. The fourth-order valence-corrected chi connectivity index (χ4v) is 5.33. The molecule has 0 saturated carbocycles. The van der Waals surface area contributed by atoms with Crippen LogP contribution in [-0.2, 0) is 30.5 Å². The number of hydrogen-bond donors (Lipinski definition) is 0. The number of sulfonamides is 1. The molecule has 0 aliphatic carbocycles. The van der Waals surface area contributed by atoms with Gasteiger partial charge in [-0.15, -0.1) is 0 Å². The topological polar surface area (TPSA) is 84.0 Å². The van der Waals surface area contributed by atoms with E-state index in [9.17, 15) is 31.2 Å². The van der Waals surface area contributed by atoms with E-state index in [0.717, 1.165) is 22.5 Å². The highest BCUT2D eigenvalue weighted by atomic mass is 32.2. The zero-order chi connectivity index (χ0) is 23.4. The van der Waals surface area contributed by atoms with Gasteiger partial charge in [-0.2, -0.15) is 17.5 Å². The zero-order valence-electron chi connectivity index (χ0n) is 17.7. The number of ether oxygens (including phenoxy) is 1. The average Bonchev–Trinajstić information content (AvgIpc) is 2.75. The second-order valence-electron chi connectivity index (χ2n) is 7.47. The normalized spacial score (nSPS) is 17.2. The van der Waals surface area contributed by atoms with Gasteiger partial charge >= 0.3 is 12.1 Å².